The highest BCUT2D eigenvalue weighted by atomic mass is 16.6. The van der Waals surface area contributed by atoms with Gasteiger partial charge in [-0.25, -0.2) is 4.79 Å². The zero-order chi connectivity index (χ0) is 16.8. The Morgan fingerprint density at radius 3 is 2.65 bits per heavy atom. The lowest BCUT2D eigenvalue weighted by Gasteiger charge is -2.35. The van der Waals surface area contributed by atoms with E-state index < -0.39 is 0 Å². The van der Waals surface area contributed by atoms with E-state index in [1.807, 2.05) is 25.1 Å². The van der Waals surface area contributed by atoms with E-state index in [9.17, 15) is 4.79 Å². The van der Waals surface area contributed by atoms with E-state index in [0.29, 0.717) is 37.1 Å². The number of amides is 1. The molecule has 1 aromatic carbocycles. The number of carbonyl (C=O) groups excluding carboxylic acids is 1. The van der Waals surface area contributed by atoms with Gasteiger partial charge in [0.2, 0.25) is 0 Å². The standard InChI is InChI=1S/C17H26N2O4/c1-4-23-17(20)19-10-13(8-14(18)11-19)7-12-5-6-15(21-2)16(9-12)22-3/h5-6,9,13-14H,4,7-8,10-11,18H2,1-3H3. The van der Waals surface area contributed by atoms with Crippen LogP contribution < -0.4 is 15.2 Å². The molecule has 2 unspecified atom stereocenters. The Morgan fingerprint density at radius 2 is 2.00 bits per heavy atom. The van der Waals surface area contributed by atoms with Gasteiger partial charge in [-0.3, -0.25) is 0 Å². The van der Waals surface area contributed by atoms with Gasteiger partial charge in [0.25, 0.3) is 0 Å². The topological polar surface area (TPSA) is 74.0 Å². The zero-order valence-corrected chi connectivity index (χ0v) is 14.1. The summed E-state index contributed by atoms with van der Waals surface area (Å²) in [5, 5.41) is 0. The van der Waals surface area contributed by atoms with Crippen LogP contribution in [0.5, 0.6) is 11.5 Å². The third-order valence-corrected chi connectivity index (χ3v) is 4.07. The molecule has 23 heavy (non-hydrogen) atoms. The van der Waals surface area contributed by atoms with Crippen molar-refractivity contribution < 1.29 is 19.0 Å². The summed E-state index contributed by atoms with van der Waals surface area (Å²) in [6.07, 6.45) is 1.45. The van der Waals surface area contributed by atoms with Crippen molar-refractivity contribution in [3.8, 4) is 11.5 Å². The van der Waals surface area contributed by atoms with Crippen LogP contribution in [0.2, 0.25) is 0 Å². The number of carbonyl (C=O) groups is 1. The number of nitrogens with zero attached hydrogens (tertiary/aromatic N) is 1. The number of benzene rings is 1. The molecule has 6 nitrogen and oxygen atoms in total. The molecule has 1 fully saturated rings. The first-order chi connectivity index (χ1) is 11.1. The molecule has 1 aliphatic heterocycles. The van der Waals surface area contributed by atoms with Crippen molar-refractivity contribution in [2.45, 2.75) is 25.8 Å². The van der Waals surface area contributed by atoms with E-state index in [4.69, 9.17) is 19.9 Å². The summed E-state index contributed by atoms with van der Waals surface area (Å²) in [6.45, 7) is 3.41. The lowest BCUT2D eigenvalue weighted by atomic mass is 9.89. The Balaban J connectivity index is 2.05. The van der Waals surface area contributed by atoms with Crippen LogP contribution in [0.1, 0.15) is 18.9 Å². The van der Waals surface area contributed by atoms with Crippen LogP contribution in [0.4, 0.5) is 4.79 Å². The van der Waals surface area contributed by atoms with Gasteiger partial charge in [-0.05, 0) is 43.4 Å². The smallest absolute Gasteiger partial charge is 0.409 e. The highest BCUT2D eigenvalue weighted by molar-refractivity contribution is 5.67. The molecule has 2 atom stereocenters. The van der Waals surface area contributed by atoms with Crippen molar-refractivity contribution in [3.63, 3.8) is 0 Å². The molecule has 0 spiro atoms. The molecule has 0 saturated carbocycles. The van der Waals surface area contributed by atoms with Gasteiger partial charge in [0.1, 0.15) is 0 Å². The fourth-order valence-corrected chi connectivity index (χ4v) is 3.10. The van der Waals surface area contributed by atoms with Gasteiger partial charge in [-0.15, -0.1) is 0 Å². The molecule has 1 aromatic rings. The van der Waals surface area contributed by atoms with Crippen LogP contribution in [-0.2, 0) is 11.2 Å². The fraction of sp³-hybridized carbons (Fsp3) is 0.588. The van der Waals surface area contributed by atoms with E-state index in [0.717, 1.165) is 18.4 Å². The fourth-order valence-electron chi connectivity index (χ4n) is 3.10. The average Bonchev–Trinajstić information content (AvgIpc) is 2.54. The Morgan fingerprint density at radius 1 is 1.26 bits per heavy atom. The number of hydrogen-bond donors (Lipinski definition) is 1. The molecule has 0 radical (unpaired) electrons. The van der Waals surface area contributed by atoms with Gasteiger partial charge in [0, 0.05) is 19.1 Å². The molecule has 1 saturated heterocycles. The number of nitrogens with two attached hydrogens (primary N) is 1. The van der Waals surface area contributed by atoms with Crippen LogP contribution in [-0.4, -0.2) is 51.0 Å². The quantitative estimate of drug-likeness (QED) is 0.898. The van der Waals surface area contributed by atoms with Crippen LogP contribution in [0.15, 0.2) is 18.2 Å². The summed E-state index contributed by atoms with van der Waals surface area (Å²) in [7, 11) is 3.25. The summed E-state index contributed by atoms with van der Waals surface area (Å²) in [5.74, 6) is 1.73. The Labute approximate surface area is 137 Å². The van der Waals surface area contributed by atoms with Crippen molar-refractivity contribution in [2.24, 2.45) is 11.7 Å². The van der Waals surface area contributed by atoms with Crippen molar-refractivity contribution >= 4 is 6.09 Å². The number of likely N-dealkylation sites (tertiary alicyclic amines) is 1. The van der Waals surface area contributed by atoms with E-state index in [1.165, 1.54) is 0 Å². The number of piperidine rings is 1. The molecule has 1 aliphatic rings. The largest absolute Gasteiger partial charge is 0.493 e. The molecule has 0 aliphatic carbocycles. The first kappa shape index (κ1) is 17.4. The molecule has 2 rings (SSSR count). The maximum atomic E-state index is 11.9. The maximum Gasteiger partial charge on any atom is 0.409 e. The second kappa shape index (κ2) is 8.06. The van der Waals surface area contributed by atoms with Gasteiger partial charge in [0.05, 0.1) is 20.8 Å². The molecule has 0 aromatic heterocycles. The van der Waals surface area contributed by atoms with Crippen LogP contribution in [0.3, 0.4) is 0 Å². The van der Waals surface area contributed by atoms with Crippen LogP contribution in [0.25, 0.3) is 0 Å². The SMILES string of the molecule is CCOC(=O)N1CC(N)CC(Cc2ccc(OC)c(OC)c2)C1. The summed E-state index contributed by atoms with van der Waals surface area (Å²) < 4.78 is 15.7. The van der Waals surface area contributed by atoms with Crippen molar-refractivity contribution in [2.75, 3.05) is 33.9 Å². The minimum atomic E-state index is -0.278. The van der Waals surface area contributed by atoms with Crippen molar-refractivity contribution in [1.29, 1.82) is 0 Å². The summed E-state index contributed by atoms with van der Waals surface area (Å²) in [4.78, 5) is 13.6. The first-order valence-electron chi connectivity index (χ1n) is 7.95. The minimum Gasteiger partial charge on any atom is -0.493 e. The van der Waals surface area contributed by atoms with Crippen molar-refractivity contribution in [1.82, 2.24) is 4.90 Å². The predicted octanol–water partition coefficient (Wildman–Crippen LogP) is 2.05. The van der Waals surface area contributed by atoms with Crippen molar-refractivity contribution in [3.05, 3.63) is 23.8 Å². The summed E-state index contributed by atoms with van der Waals surface area (Å²) in [5.41, 5.74) is 7.25. The minimum absolute atomic E-state index is 0.0155. The number of rotatable bonds is 5. The average molecular weight is 322 g/mol. The molecular formula is C17H26N2O4. The molecule has 6 heteroatoms. The highest BCUT2D eigenvalue weighted by Gasteiger charge is 2.29. The van der Waals surface area contributed by atoms with E-state index >= 15 is 0 Å². The van der Waals surface area contributed by atoms with Gasteiger partial charge in [-0.1, -0.05) is 6.07 Å². The van der Waals surface area contributed by atoms with Crippen LogP contribution in [0, 0.1) is 5.92 Å². The maximum absolute atomic E-state index is 11.9. The van der Waals surface area contributed by atoms with E-state index in [1.54, 1.807) is 19.1 Å². The predicted molar refractivity (Wildman–Crippen MR) is 87.9 cm³/mol. The summed E-state index contributed by atoms with van der Waals surface area (Å²) >= 11 is 0. The number of methoxy groups -OCH3 is 2. The van der Waals surface area contributed by atoms with Gasteiger partial charge >= 0.3 is 6.09 Å². The number of hydrogen-bond acceptors (Lipinski definition) is 5. The Bertz CT molecular complexity index is 535. The van der Waals surface area contributed by atoms with Gasteiger partial charge in [-0.2, -0.15) is 0 Å². The third kappa shape index (κ3) is 4.51. The second-order valence-electron chi connectivity index (χ2n) is 5.86. The zero-order valence-electron chi connectivity index (χ0n) is 14.1. The van der Waals surface area contributed by atoms with E-state index in [-0.39, 0.29) is 12.1 Å². The van der Waals surface area contributed by atoms with Gasteiger partial charge in [0.15, 0.2) is 11.5 Å². The molecule has 2 N–H and O–H groups in total. The highest BCUT2D eigenvalue weighted by Crippen LogP contribution is 2.29. The molecule has 1 heterocycles. The van der Waals surface area contributed by atoms with Gasteiger partial charge < -0.3 is 24.8 Å². The third-order valence-electron chi connectivity index (χ3n) is 4.07. The second-order valence-corrected chi connectivity index (χ2v) is 5.86. The molecule has 0 bridgehead atoms. The lowest BCUT2D eigenvalue weighted by Crippen LogP contribution is -2.50. The normalized spacial score (nSPS) is 21.0. The van der Waals surface area contributed by atoms with Crippen LogP contribution >= 0.6 is 0 Å². The number of ether oxygens (including phenoxy) is 3. The Kier molecular flexibility index (Phi) is 6.10. The first-order valence-corrected chi connectivity index (χ1v) is 7.95. The summed E-state index contributed by atoms with van der Waals surface area (Å²) in [6, 6.07) is 5.89. The monoisotopic (exact) mass is 322 g/mol. The molecule has 1 amide bonds. The molecular weight excluding hydrogens is 296 g/mol. The molecule has 128 valence electrons. The Hall–Kier alpha value is -1.95. The van der Waals surface area contributed by atoms with E-state index in [2.05, 4.69) is 0 Å². The lowest BCUT2D eigenvalue weighted by molar-refractivity contribution is 0.0833.